The maximum Gasteiger partial charge on any atom is 0.215 e. The van der Waals surface area contributed by atoms with Crippen LogP contribution in [0.4, 0.5) is 0 Å². The summed E-state index contributed by atoms with van der Waals surface area (Å²) in [5, 5.41) is 0. The van der Waals surface area contributed by atoms with Gasteiger partial charge in [0, 0.05) is 13.1 Å². The molecule has 1 aromatic rings. The average molecular weight is 270 g/mol. The molecular formula is C13H22N2O2S. The van der Waals surface area contributed by atoms with Crippen LogP contribution in [0.25, 0.3) is 0 Å². The smallest absolute Gasteiger partial charge is 0.215 e. The van der Waals surface area contributed by atoms with Crippen LogP contribution in [-0.4, -0.2) is 15.0 Å². The lowest BCUT2D eigenvalue weighted by Gasteiger charge is -2.12. The van der Waals surface area contributed by atoms with Gasteiger partial charge in [-0.25, -0.2) is 13.1 Å². The van der Waals surface area contributed by atoms with Crippen molar-refractivity contribution in [2.75, 3.05) is 6.54 Å². The molecule has 4 nitrogen and oxygen atoms in total. The highest BCUT2D eigenvalue weighted by Crippen LogP contribution is 2.11. The zero-order valence-corrected chi connectivity index (χ0v) is 11.8. The molecule has 1 atom stereocenters. The van der Waals surface area contributed by atoms with E-state index < -0.39 is 10.0 Å². The third-order valence-corrected chi connectivity index (χ3v) is 4.33. The topological polar surface area (TPSA) is 72.2 Å². The van der Waals surface area contributed by atoms with E-state index in [0.717, 1.165) is 17.5 Å². The third-order valence-electron chi connectivity index (χ3n) is 3.03. The Balaban J connectivity index is 2.70. The lowest BCUT2D eigenvalue weighted by molar-refractivity contribution is 0.528. The molecule has 0 saturated heterocycles. The van der Waals surface area contributed by atoms with Crippen molar-refractivity contribution in [1.82, 2.24) is 4.72 Å². The molecule has 5 heteroatoms. The van der Waals surface area contributed by atoms with Crippen molar-refractivity contribution in [3.05, 3.63) is 35.4 Å². The molecule has 0 aliphatic heterocycles. The fraction of sp³-hybridized carbons (Fsp3) is 0.538. The number of hydrogen-bond donors (Lipinski definition) is 2. The van der Waals surface area contributed by atoms with Crippen LogP contribution in [-0.2, 0) is 22.3 Å². The van der Waals surface area contributed by atoms with E-state index in [4.69, 9.17) is 5.73 Å². The van der Waals surface area contributed by atoms with E-state index in [1.165, 1.54) is 0 Å². The van der Waals surface area contributed by atoms with Crippen molar-refractivity contribution in [2.45, 2.75) is 32.6 Å². The van der Waals surface area contributed by atoms with Gasteiger partial charge >= 0.3 is 0 Å². The van der Waals surface area contributed by atoms with Crippen LogP contribution in [0.2, 0.25) is 0 Å². The van der Waals surface area contributed by atoms with Gasteiger partial charge < -0.3 is 5.73 Å². The van der Waals surface area contributed by atoms with Crippen molar-refractivity contribution in [3.8, 4) is 0 Å². The lowest BCUT2D eigenvalue weighted by atomic mass is 10.1. The number of nitrogens with one attached hydrogen (secondary N) is 1. The van der Waals surface area contributed by atoms with Gasteiger partial charge in [0.25, 0.3) is 0 Å². The predicted octanol–water partition coefficient (Wildman–Crippen LogP) is 1.61. The van der Waals surface area contributed by atoms with E-state index in [2.05, 4.69) is 4.72 Å². The molecule has 1 aromatic carbocycles. The van der Waals surface area contributed by atoms with Gasteiger partial charge in [0.2, 0.25) is 10.0 Å². The number of sulfonamides is 1. The Morgan fingerprint density at radius 1 is 1.28 bits per heavy atom. The number of hydrogen-bond acceptors (Lipinski definition) is 3. The van der Waals surface area contributed by atoms with E-state index in [9.17, 15) is 8.42 Å². The quantitative estimate of drug-likeness (QED) is 0.790. The molecule has 102 valence electrons. The first-order chi connectivity index (χ1) is 8.48. The average Bonchev–Trinajstić information content (AvgIpc) is 2.36. The number of benzene rings is 1. The largest absolute Gasteiger partial charge is 0.326 e. The molecule has 0 radical (unpaired) electrons. The van der Waals surface area contributed by atoms with Gasteiger partial charge in [-0.2, -0.15) is 0 Å². The highest BCUT2D eigenvalue weighted by Gasteiger charge is 2.14. The molecule has 3 N–H and O–H groups in total. The van der Waals surface area contributed by atoms with Crippen LogP contribution < -0.4 is 10.5 Å². The van der Waals surface area contributed by atoms with Crippen LogP contribution in [0, 0.1) is 5.92 Å². The first-order valence-corrected chi connectivity index (χ1v) is 7.88. The van der Waals surface area contributed by atoms with Crippen LogP contribution in [0.15, 0.2) is 24.3 Å². The Bertz CT molecular complexity index is 472. The predicted molar refractivity (Wildman–Crippen MR) is 74.4 cm³/mol. The minimum Gasteiger partial charge on any atom is -0.326 e. The summed E-state index contributed by atoms with van der Waals surface area (Å²) >= 11 is 0. The normalized spacial score (nSPS) is 13.5. The summed E-state index contributed by atoms with van der Waals surface area (Å²) < 4.78 is 26.5. The summed E-state index contributed by atoms with van der Waals surface area (Å²) in [6.45, 7) is 4.92. The molecular weight excluding hydrogens is 248 g/mol. The van der Waals surface area contributed by atoms with Gasteiger partial charge in [-0.15, -0.1) is 0 Å². The van der Waals surface area contributed by atoms with Gasteiger partial charge in [0.05, 0.1) is 5.75 Å². The summed E-state index contributed by atoms with van der Waals surface area (Å²) in [7, 11) is -3.28. The molecule has 1 rings (SSSR count). The minimum atomic E-state index is -3.28. The summed E-state index contributed by atoms with van der Waals surface area (Å²) in [6.07, 6.45) is 0.960. The molecule has 0 aliphatic carbocycles. The van der Waals surface area contributed by atoms with E-state index in [1.54, 1.807) is 0 Å². The summed E-state index contributed by atoms with van der Waals surface area (Å²) in [5.41, 5.74) is 7.25. The first-order valence-electron chi connectivity index (χ1n) is 6.22. The number of rotatable bonds is 7. The molecule has 0 fully saturated rings. The van der Waals surface area contributed by atoms with E-state index in [0.29, 0.717) is 19.0 Å². The van der Waals surface area contributed by atoms with Gasteiger partial charge in [0.15, 0.2) is 0 Å². The van der Waals surface area contributed by atoms with E-state index in [1.807, 2.05) is 38.1 Å². The Labute approximate surface area is 110 Å². The highest BCUT2D eigenvalue weighted by molar-refractivity contribution is 7.88. The van der Waals surface area contributed by atoms with Gasteiger partial charge in [-0.1, -0.05) is 44.5 Å². The molecule has 0 saturated carbocycles. The van der Waals surface area contributed by atoms with Crippen molar-refractivity contribution >= 4 is 10.0 Å². The zero-order valence-electron chi connectivity index (χ0n) is 11.0. The second-order valence-electron chi connectivity index (χ2n) is 4.59. The SMILES string of the molecule is CCC(C)CNS(=O)(=O)Cc1ccccc1CN. The van der Waals surface area contributed by atoms with Gasteiger partial charge in [-0.3, -0.25) is 0 Å². The van der Waals surface area contributed by atoms with Crippen molar-refractivity contribution < 1.29 is 8.42 Å². The highest BCUT2D eigenvalue weighted by atomic mass is 32.2. The van der Waals surface area contributed by atoms with Crippen molar-refractivity contribution in [1.29, 1.82) is 0 Å². The standard InChI is InChI=1S/C13H22N2O2S/c1-3-11(2)9-15-18(16,17)10-13-7-5-4-6-12(13)8-14/h4-7,11,15H,3,8-10,14H2,1-2H3. The third kappa shape index (κ3) is 4.76. The maximum absolute atomic E-state index is 11.9. The van der Waals surface area contributed by atoms with Crippen molar-refractivity contribution in [2.24, 2.45) is 11.7 Å². The minimum absolute atomic E-state index is 0.00317. The van der Waals surface area contributed by atoms with Crippen LogP contribution in [0.3, 0.4) is 0 Å². The second kappa shape index (κ2) is 6.87. The Morgan fingerprint density at radius 3 is 2.44 bits per heavy atom. The fourth-order valence-electron chi connectivity index (χ4n) is 1.57. The van der Waals surface area contributed by atoms with Crippen molar-refractivity contribution in [3.63, 3.8) is 0 Å². The second-order valence-corrected chi connectivity index (χ2v) is 6.40. The van der Waals surface area contributed by atoms with Gasteiger partial charge in [-0.05, 0) is 17.0 Å². The van der Waals surface area contributed by atoms with Crippen LogP contribution >= 0.6 is 0 Å². The molecule has 0 spiro atoms. The lowest BCUT2D eigenvalue weighted by Crippen LogP contribution is -2.29. The Hall–Kier alpha value is -0.910. The fourth-order valence-corrected chi connectivity index (χ4v) is 2.90. The molecule has 0 heterocycles. The summed E-state index contributed by atoms with van der Waals surface area (Å²) in [5.74, 6) is 0.348. The van der Waals surface area contributed by atoms with E-state index >= 15 is 0 Å². The van der Waals surface area contributed by atoms with Gasteiger partial charge in [0.1, 0.15) is 0 Å². The summed E-state index contributed by atoms with van der Waals surface area (Å²) in [4.78, 5) is 0. The summed E-state index contributed by atoms with van der Waals surface area (Å²) in [6, 6.07) is 7.37. The Kier molecular flexibility index (Phi) is 5.78. The Morgan fingerprint density at radius 2 is 1.89 bits per heavy atom. The van der Waals surface area contributed by atoms with Crippen LogP contribution in [0.5, 0.6) is 0 Å². The molecule has 18 heavy (non-hydrogen) atoms. The molecule has 0 aliphatic rings. The van der Waals surface area contributed by atoms with Crippen LogP contribution in [0.1, 0.15) is 31.4 Å². The molecule has 0 bridgehead atoms. The first kappa shape index (κ1) is 15.1. The molecule has 1 unspecified atom stereocenters. The monoisotopic (exact) mass is 270 g/mol. The number of nitrogens with two attached hydrogens (primary N) is 1. The van der Waals surface area contributed by atoms with E-state index in [-0.39, 0.29) is 5.75 Å². The molecule has 0 amide bonds. The molecule has 0 aromatic heterocycles. The maximum atomic E-state index is 11.9. The zero-order chi connectivity index (χ0) is 13.6.